The average Bonchev–Trinajstić information content (AvgIpc) is 3.03. The number of benzene rings is 2. The lowest BCUT2D eigenvalue weighted by atomic mass is 10.1. The van der Waals surface area contributed by atoms with E-state index in [1.54, 1.807) is 11.3 Å². The summed E-state index contributed by atoms with van der Waals surface area (Å²) in [4.78, 5) is 23.4. The van der Waals surface area contributed by atoms with Gasteiger partial charge in [0, 0.05) is 11.1 Å². The molecule has 128 valence electrons. The van der Waals surface area contributed by atoms with Gasteiger partial charge in [0.15, 0.2) is 0 Å². The number of thiophene rings is 1. The number of amides is 1. The fourth-order valence-electron chi connectivity index (χ4n) is 2.52. The quantitative estimate of drug-likeness (QED) is 0.705. The van der Waals surface area contributed by atoms with Crippen molar-refractivity contribution in [3.63, 3.8) is 0 Å². The van der Waals surface area contributed by atoms with Crippen LogP contribution in [-0.2, 0) is 22.6 Å². The van der Waals surface area contributed by atoms with Gasteiger partial charge in [-0.3, -0.25) is 0 Å². The molecule has 1 amide bonds. The third kappa shape index (κ3) is 4.36. The van der Waals surface area contributed by atoms with Gasteiger partial charge in [-0.15, -0.1) is 11.3 Å². The molecule has 1 atom stereocenters. The van der Waals surface area contributed by atoms with Crippen molar-refractivity contribution in [2.75, 3.05) is 0 Å². The van der Waals surface area contributed by atoms with E-state index < -0.39 is 18.1 Å². The summed E-state index contributed by atoms with van der Waals surface area (Å²) in [7, 11) is 0. The SMILES string of the molecule is O=C(NC(Cc1csc2ccccc12)C(=O)O)OCc1ccccc1. The van der Waals surface area contributed by atoms with Crippen LogP contribution in [0.15, 0.2) is 60.0 Å². The normalized spacial score (nSPS) is 11.8. The van der Waals surface area contributed by atoms with Gasteiger partial charge in [-0.25, -0.2) is 9.59 Å². The van der Waals surface area contributed by atoms with Crippen LogP contribution in [0, 0.1) is 0 Å². The number of rotatable bonds is 6. The molecule has 2 N–H and O–H groups in total. The number of carboxylic acids is 1. The van der Waals surface area contributed by atoms with E-state index in [0.29, 0.717) is 0 Å². The summed E-state index contributed by atoms with van der Waals surface area (Å²) in [5.41, 5.74) is 1.74. The summed E-state index contributed by atoms with van der Waals surface area (Å²) < 4.78 is 6.20. The minimum atomic E-state index is -1.09. The highest BCUT2D eigenvalue weighted by atomic mass is 32.1. The standard InChI is InChI=1S/C19H17NO4S/c21-18(22)16(10-14-12-25-17-9-5-4-8-15(14)17)20-19(23)24-11-13-6-2-1-3-7-13/h1-9,12,16H,10-11H2,(H,20,23)(H,21,22). The van der Waals surface area contributed by atoms with Gasteiger partial charge in [0.05, 0.1) is 0 Å². The third-order valence-electron chi connectivity index (χ3n) is 3.79. The highest BCUT2D eigenvalue weighted by Crippen LogP contribution is 2.26. The third-order valence-corrected chi connectivity index (χ3v) is 4.80. The fraction of sp³-hybridized carbons (Fsp3) is 0.158. The molecule has 2 aromatic carbocycles. The number of nitrogens with one attached hydrogen (secondary N) is 1. The molecule has 0 fully saturated rings. The second-order valence-electron chi connectivity index (χ2n) is 5.56. The van der Waals surface area contributed by atoms with Gasteiger partial charge < -0.3 is 15.2 Å². The van der Waals surface area contributed by atoms with Crippen LogP contribution in [0.5, 0.6) is 0 Å². The Morgan fingerprint density at radius 3 is 2.56 bits per heavy atom. The average molecular weight is 355 g/mol. The van der Waals surface area contributed by atoms with E-state index in [0.717, 1.165) is 21.2 Å². The number of carbonyl (C=O) groups is 2. The van der Waals surface area contributed by atoms with Gasteiger partial charge in [-0.2, -0.15) is 0 Å². The lowest BCUT2D eigenvalue weighted by Gasteiger charge is -2.14. The first-order valence-corrected chi connectivity index (χ1v) is 8.66. The Morgan fingerprint density at radius 1 is 1.08 bits per heavy atom. The molecule has 0 saturated heterocycles. The minimum Gasteiger partial charge on any atom is -0.480 e. The van der Waals surface area contributed by atoms with E-state index in [1.165, 1.54) is 0 Å². The van der Waals surface area contributed by atoms with Gasteiger partial charge >= 0.3 is 12.1 Å². The summed E-state index contributed by atoms with van der Waals surface area (Å²) in [6, 6.07) is 16.0. The first-order chi connectivity index (χ1) is 12.1. The van der Waals surface area contributed by atoms with E-state index >= 15 is 0 Å². The van der Waals surface area contributed by atoms with Crippen LogP contribution in [-0.4, -0.2) is 23.2 Å². The summed E-state index contributed by atoms with van der Waals surface area (Å²) >= 11 is 1.56. The first-order valence-electron chi connectivity index (χ1n) is 7.78. The monoisotopic (exact) mass is 355 g/mol. The van der Waals surface area contributed by atoms with Crippen LogP contribution in [0.2, 0.25) is 0 Å². The van der Waals surface area contributed by atoms with Crippen LogP contribution in [0.4, 0.5) is 4.79 Å². The number of fused-ring (bicyclic) bond motifs is 1. The van der Waals surface area contributed by atoms with E-state index in [9.17, 15) is 14.7 Å². The van der Waals surface area contributed by atoms with E-state index in [4.69, 9.17) is 4.74 Å². The van der Waals surface area contributed by atoms with Gasteiger partial charge in [0.1, 0.15) is 12.6 Å². The molecule has 0 saturated carbocycles. The van der Waals surface area contributed by atoms with Crippen molar-refractivity contribution in [3.8, 4) is 0 Å². The maximum absolute atomic E-state index is 11.9. The zero-order chi connectivity index (χ0) is 17.6. The van der Waals surface area contributed by atoms with Gasteiger partial charge in [-0.1, -0.05) is 48.5 Å². The summed E-state index contributed by atoms with van der Waals surface area (Å²) in [6.07, 6.45) is -0.532. The molecule has 3 aromatic rings. The second kappa shape index (κ2) is 7.81. The molecule has 5 nitrogen and oxygen atoms in total. The van der Waals surface area contributed by atoms with Crippen molar-refractivity contribution in [2.45, 2.75) is 19.1 Å². The molecule has 6 heteroatoms. The Labute approximate surface area is 148 Å². The zero-order valence-corrected chi connectivity index (χ0v) is 14.2. The van der Waals surface area contributed by atoms with Crippen molar-refractivity contribution in [2.24, 2.45) is 0 Å². The molecule has 0 aliphatic heterocycles. The van der Waals surface area contributed by atoms with Crippen LogP contribution in [0.3, 0.4) is 0 Å². The number of hydrogen-bond acceptors (Lipinski definition) is 4. The molecule has 3 rings (SSSR count). The number of carboxylic acid groups (broad SMARTS) is 1. The Kier molecular flexibility index (Phi) is 5.30. The minimum absolute atomic E-state index is 0.0976. The topological polar surface area (TPSA) is 75.6 Å². The van der Waals surface area contributed by atoms with E-state index in [-0.39, 0.29) is 13.0 Å². The molecule has 0 radical (unpaired) electrons. The van der Waals surface area contributed by atoms with Gasteiger partial charge in [-0.05, 0) is 28.0 Å². The highest BCUT2D eigenvalue weighted by molar-refractivity contribution is 7.17. The van der Waals surface area contributed by atoms with Crippen LogP contribution in [0.1, 0.15) is 11.1 Å². The van der Waals surface area contributed by atoms with Crippen LogP contribution < -0.4 is 5.32 Å². The van der Waals surface area contributed by atoms with Crippen LogP contribution >= 0.6 is 11.3 Å². The van der Waals surface area contributed by atoms with Crippen molar-refractivity contribution < 1.29 is 19.4 Å². The zero-order valence-electron chi connectivity index (χ0n) is 13.3. The maximum Gasteiger partial charge on any atom is 0.408 e. The lowest BCUT2D eigenvalue weighted by molar-refractivity contribution is -0.139. The first kappa shape index (κ1) is 17.0. The summed E-state index contributed by atoms with van der Waals surface area (Å²) in [6.45, 7) is 0.0976. The molecule has 0 aliphatic rings. The second-order valence-corrected chi connectivity index (χ2v) is 6.47. The predicted octanol–water partition coefficient (Wildman–Crippen LogP) is 3.82. The molecule has 25 heavy (non-hydrogen) atoms. The molecule has 1 heterocycles. The summed E-state index contributed by atoms with van der Waals surface area (Å²) in [5, 5.41) is 14.8. The van der Waals surface area contributed by atoms with Crippen molar-refractivity contribution in [1.29, 1.82) is 0 Å². The predicted molar refractivity (Wildman–Crippen MR) is 96.7 cm³/mol. The molecule has 0 bridgehead atoms. The summed E-state index contributed by atoms with van der Waals surface area (Å²) in [5.74, 6) is -1.09. The molecule has 1 aromatic heterocycles. The molecule has 1 unspecified atom stereocenters. The highest BCUT2D eigenvalue weighted by Gasteiger charge is 2.22. The largest absolute Gasteiger partial charge is 0.480 e. The van der Waals surface area contributed by atoms with Crippen molar-refractivity contribution in [1.82, 2.24) is 5.32 Å². The number of alkyl carbamates (subject to hydrolysis) is 1. The van der Waals surface area contributed by atoms with E-state index in [2.05, 4.69) is 5.32 Å². The Hall–Kier alpha value is -2.86. The number of ether oxygens (including phenoxy) is 1. The molecular weight excluding hydrogens is 338 g/mol. The molecule has 0 aliphatic carbocycles. The number of hydrogen-bond donors (Lipinski definition) is 2. The van der Waals surface area contributed by atoms with E-state index in [1.807, 2.05) is 60.0 Å². The number of carbonyl (C=O) groups excluding carboxylic acids is 1. The fourth-order valence-corrected chi connectivity index (χ4v) is 3.49. The maximum atomic E-state index is 11.9. The van der Waals surface area contributed by atoms with Gasteiger partial charge in [0.25, 0.3) is 0 Å². The Morgan fingerprint density at radius 2 is 1.80 bits per heavy atom. The van der Waals surface area contributed by atoms with Gasteiger partial charge in [0.2, 0.25) is 0 Å². The number of aliphatic carboxylic acids is 1. The van der Waals surface area contributed by atoms with Crippen molar-refractivity contribution >= 4 is 33.5 Å². The van der Waals surface area contributed by atoms with Crippen molar-refractivity contribution in [3.05, 3.63) is 71.1 Å². The Bertz CT molecular complexity index is 875. The molecule has 0 spiro atoms. The Balaban J connectivity index is 1.63. The van der Waals surface area contributed by atoms with Crippen LogP contribution in [0.25, 0.3) is 10.1 Å². The molecular formula is C19H17NO4S. The lowest BCUT2D eigenvalue weighted by Crippen LogP contribution is -2.42. The smallest absolute Gasteiger partial charge is 0.408 e.